The quantitative estimate of drug-likeness (QED) is 0.763. The molecule has 0 aliphatic carbocycles. The highest BCUT2D eigenvalue weighted by Gasteiger charge is 1.99. The van der Waals surface area contributed by atoms with Gasteiger partial charge in [0.25, 0.3) is 0 Å². The highest BCUT2D eigenvalue weighted by atomic mass is 16.5. The molecule has 2 aromatic carbocycles. The first-order chi connectivity index (χ1) is 9.75. The van der Waals surface area contributed by atoms with Crippen molar-refractivity contribution in [2.75, 3.05) is 6.61 Å². The van der Waals surface area contributed by atoms with E-state index in [1.54, 1.807) is 0 Å². The zero-order valence-corrected chi connectivity index (χ0v) is 12.1. The van der Waals surface area contributed by atoms with Crippen LogP contribution in [-0.4, -0.2) is 12.6 Å². The third-order valence-corrected chi connectivity index (χ3v) is 3.28. The minimum atomic E-state index is 0.292. The van der Waals surface area contributed by atoms with Crippen LogP contribution in [0.3, 0.4) is 0 Å². The number of hydrogen-bond donors (Lipinski definition) is 1. The number of nitrogens with two attached hydrogens (primary N) is 1. The zero-order valence-electron chi connectivity index (χ0n) is 12.1. The molecule has 0 heterocycles. The molecule has 20 heavy (non-hydrogen) atoms. The van der Waals surface area contributed by atoms with Crippen LogP contribution < -0.4 is 10.5 Å². The molecule has 0 aliphatic heterocycles. The Morgan fingerprint density at radius 3 is 2.20 bits per heavy atom. The molecular weight excluding hydrogens is 246 g/mol. The highest BCUT2D eigenvalue weighted by Crippen LogP contribution is 2.22. The molecule has 0 radical (unpaired) electrons. The summed E-state index contributed by atoms with van der Waals surface area (Å²) in [6, 6.07) is 18.9. The van der Waals surface area contributed by atoms with E-state index >= 15 is 0 Å². The summed E-state index contributed by atoms with van der Waals surface area (Å²) in [7, 11) is 0. The van der Waals surface area contributed by atoms with E-state index in [9.17, 15) is 0 Å². The lowest BCUT2D eigenvalue weighted by Crippen LogP contribution is -2.14. The van der Waals surface area contributed by atoms with E-state index < -0.39 is 0 Å². The smallest absolute Gasteiger partial charge is 0.119 e. The van der Waals surface area contributed by atoms with Crippen LogP contribution >= 0.6 is 0 Å². The van der Waals surface area contributed by atoms with Gasteiger partial charge in [-0.1, -0.05) is 42.5 Å². The summed E-state index contributed by atoms with van der Waals surface area (Å²) in [6.45, 7) is 2.81. The number of hydrogen-bond acceptors (Lipinski definition) is 2. The van der Waals surface area contributed by atoms with Crippen molar-refractivity contribution in [2.45, 2.75) is 32.2 Å². The van der Waals surface area contributed by atoms with Crippen molar-refractivity contribution >= 4 is 0 Å². The summed E-state index contributed by atoms with van der Waals surface area (Å²) in [6.07, 6.45) is 3.25. The third-order valence-electron chi connectivity index (χ3n) is 3.28. The van der Waals surface area contributed by atoms with E-state index in [1.165, 1.54) is 11.1 Å². The van der Waals surface area contributed by atoms with Gasteiger partial charge in [0.2, 0.25) is 0 Å². The van der Waals surface area contributed by atoms with Crippen LogP contribution in [-0.2, 0) is 0 Å². The largest absolute Gasteiger partial charge is 0.494 e. The van der Waals surface area contributed by atoms with Crippen molar-refractivity contribution in [1.82, 2.24) is 0 Å². The van der Waals surface area contributed by atoms with Crippen molar-refractivity contribution in [1.29, 1.82) is 0 Å². The normalized spacial score (nSPS) is 12.1. The van der Waals surface area contributed by atoms with E-state index in [0.29, 0.717) is 6.04 Å². The first-order valence-corrected chi connectivity index (χ1v) is 7.29. The van der Waals surface area contributed by atoms with Gasteiger partial charge in [0, 0.05) is 6.04 Å². The lowest BCUT2D eigenvalue weighted by Gasteiger charge is -2.08. The van der Waals surface area contributed by atoms with Gasteiger partial charge in [-0.15, -0.1) is 0 Å². The minimum Gasteiger partial charge on any atom is -0.494 e. The minimum absolute atomic E-state index is 0.292. The first-order valence-electron chi connectivity index (χ1n) is 7.29. The molecule has 106 valence electrons. The van der Waals surface area contributed by atoms with Crippen molar-refractivity contribution in [3.63, 3.8) is 0 Å². The van der Waals surface area contributed by atoms with E-state index in [1.807, 2.05) is 25.1 Å². The van der Waals surface area contributed by atoms with Crippen LogP contribution in [0.15, 0.2) is 54.6 Å². The Morgan fingerprint density at radius 1 is 0.900 bits per heavy atom. The van der Waals surface area contributed by atoms with Crippen molar-refractivity contribution < 1.29 is 4.74 Å². The first kappa shape index (κ1) is 14.6. The fraction of sp³-hybridized carbons (Fsp3) is 0.333. The summed E-state index contributed by atoms with van der Waals surface area (Å²) in [5.41, 5.74) is 8.17. The van der Waals surface area contributed by atoms with Gasteiger partial charge in [0.1, 0.15) is 5.75 Å². The maximum Gasteiger partial charge on any atom is 0.119 e. The van der Waals surface area contributed by atoms with Gasteiger partial charge >= 0.3 is 0 Å². The summed E-state index contributed by atoms with van der Waals surface area (Å²) < 4.78 is 5.74. The predicted molar refractivity (Wildman–Crippen MR) is 84.9 cm³/mol. The molecule has 0 spiro atoms. The molecule has 2 heteroatoms. The van der Waals surface area contributed by atoms with Gasteiger partial charge in [-0.3, -0.25) is 0 Å². The summed E-state index contributed by atoms with van der Waals surface area (Å²) in [5, 5.41) is 0. The van der Waals surface area contributed by atoms with Crippen LogP contribution in [0.25, 0.3) is 11.1 Å². The lowest BCUT2D eigenvalue weighted by molar-refractivity contribution is 0.304. The second-order valence-corrected chi connectivity index (χ2v) is 5.21. The predicted octanol–water partition coefficient (Wildman–Crippen LogP) is 4.25. The van der Waals surface area contributed by atoms with Crippen LogP contribution in [0.4, 0.5) is 0 Å². The molecule has 0 amide bonds. The van der Waals surface area contributed by atoms with Gasteiger partial charge < -0.3 is 10.5 Å². The van der Waals surface area contributed by atoms with E-state index in [2.05, 4.69) is 36.4 Å². The Morgan fingerprint density at radius 2 is 1.55 bits per heavy atom. The number of unbranched alkanes of at least 4 members (excludes halogenated alkanes) is 1. The topological polar surface area (TPSA) is 35.2 Å². The highest BCUT2D eigenvalue weighted by molar-refractivity contribution is 5.63. The number of benzene rings is 2. The van der Waals surface area contributed by atoms with Crippen LogP contribution in [0.5, 0.6) is 5.75 Å². The summed E-state index contributed by atoms with van der Waals surface area (Å²) in [4.78, 5) is 0. The fourth-order valence-electron chi connectivity index (χ4n) is 2.13. The van der Waals surface area contributed by atoms with Crippen molar-refractivity contribution in [3.05, 3.63) is 54.6 Å². The SMILES string of the molecule is CC(N)CCCCOc1ccc(-c2ccccc2)cc1. The monoisotopic (exact) mass is 269 g/mol. The number of rotatable bonds is 7. The molecule has 2 nitrogen and oxygen atoms in total. The molecule has 0 saturated carbocycles. The molecule has 0 aliphatic rings. The molecule has 1 unspecified atom stereocenters. The molecule has 2 aromatic rings. The standard InChI is InChI=1S/C18H23NO/c1-15(19)7-5-6-14-20-18-12-10-17(11-13-18)16-8-3-2-4-9-16/h2-4,8-13,15H,5-7,14,19H2,1H3. The lowest BCUT2D eigenvalue weighted by atomic mass is 10.1. The average molecular weight is 269 g/mol. The van der Waals surface area contributed by atoms with E-state index in [0.717, 1.165) is 31.6 Å². The molecule has 0 bridgehead atoms. The summed E-state index contributed by atoms with van der Waals surface area (Å²) >= 11 is 0. The van der Waals surface area contributed by atoms with Crippen LogP contribution in [0.2, 0.25) is 0 Å². The van der Waals surface area contributed by atoms with Gasteiger partial charge in [0.05, 0.1) is 6.61 Å². The average Bonchev–Trinajstić information content (AvgIpc) is 2.48. The molecular formula is C18H23NO. The Labute approximate surface area is 121 Å². The molecule has 0 saturated heterocycles. The summed E-state index contributed by atoms with van der Waals surface area (Å²) in [5.74, 6) is 0.936. The molecule has 2 rings (SSSR count). The molecule has 1 atom stereocenters. The molecule has 0 aromatic heterocycles. The third kappa shape index (κ3) is 4.71. The number of ether oxygens (including phenoxy) is 1. The Balaban J connectivity index is 1.80. The maximum atomic E-state index is 5.74. The Bertz CT molecular complexity index is 491. The second-order valence-electron chi connectivity index (χ2n) is 5.21. The van der Waals surface area contributed by atoms with Gasteiger partial charge in [-0.05, 0) is 49.4 Å². The van der Waals surface area contributed by atoms with Crippen LogP contribution in [0, 0.1) is 0 Å². The van der Waals surface area contributed by atoms with Gasteiger partial charge in [0.15, 0.2) is 0 Å². The Hall–Kier alpha value is -1.80. The molecule has 0 fully saturated rings. The molecule has 2 N–H and O–H groups in total. The van der Waals surface area contributed by atoms with Crippen LogP contribution in [0.1, 0.15) is 26.2 Å². The van der Waals surface area contributed by atoms with Crippen molar-refractivity contribution in [3.8, 4) is 16.9 Å². The zero-order chi connectivity index (χ0) is 14.2. The van der Waals surface area contributed by atoms with E-state index in [-0.39, 0.29) is 0 Å². The Kier molecular flexibility index (Phi) is 5.63. The maximum absolute atomic E-state index is 5.74. The van der Waals surface area contributed by atoms with Crippen molar-refractivity contribution in [2.24, 2.45) is 5.73 Å². The van der Waals surface area contributed by atoms with Gasteiger partial charge in [-0.25, -0.2) is 0 Å². The van der Waals surface area contributed by atoms with E-state index in [4.69, 9.17) is 10.5 Å². The van der Waals surface area contributed by atoms with Gasteiger partial charge in [-0.2, -0.15) is 0 Å². The second kappa shape index (κ2) is 7.71. The fourth-order valence-corrected chi connectivity index (χ4v) is 2.13.